The number of rotatable bonds is 3. The van der Waals surface area contributed by atoms with Crippen molar-refractivity contribution >= 4 is 12.2 Å². The van der Waals surface area contributed by atoms with E-state index in [1.54, 1.807) is 6.08 Å². The van der Waals surface area contributed by atoms with Crippen LogP contribution in [0.4, 0.5) is 0 Å². The van der Waals surface area contributed by atoms with E-state index in [1.807, 2.05) is 6.08 Å². The summed E-state index contributed by atoms with van der Waals surface area (Å²) in [5.41, 5.74) is 6.48. The molecule has 90 valence electrons. The zero-order valence-electron chi connectivity index (χ0n) is 10.9. The number of hydrogen-bond acceptors (Lipinski definition) is 1. The topological polar surface area (TPSA) is 12.9 Å². The third-order valence-electron chi connectivity index (χ3n) is 3.04. The molecule has 0 saturated carbocycles. The smallest absolute Gasteiger partial charge is 0.0712 e. The number of aryl methyl sites for hydroxylation is 2. The Hall–Kier alpha value is -2.15. The molecule has 0 fully saturated rings. The summed E-state index contributed by atoms with van der Waals surface area (Å²) in [5, 5.41) is 0. The van der Waals surface area contributed by atoms with Crippen LogP contribution in [0.3, 0.4) is 0 Å². The maximum Gasteiger partial charge on any atom is 0.0712 e. The van der Waals surface area contributed by atoms with Crippen LogP contribution < -0.4 is 0 Å². The average molecular weight is 235 g/mol. The third-order valence-corrected chi connectivity index (χ3v) is 3.04. The molecule has 0 amide bonds. The van der Waals surface area contributed by atoms with Crippen LogP contribution in [0.5, 0.6) is 0 Å². The molecule has 0 bridgehead atoms. The molecule has 0 unspecified atom stereocenters. The van der Waals surface area contributed by atoms with E-state index < -0.39 is 0 Å². The predicted molar refractivity (Wildman–Crippen MR) is 79.3 cm³/mol. The van der Waals surface area contributed by atoms with Gasteiger partial charge in [-0.1, -0.05) is 49.1 Å². The minimum atomic E-state index is 0.889. The van der Waals surface area contributed by atoms with Crippen LogP contribution in [0, 0.1) is 13.8 Å². The standard InChI is InChI=1S/C17H17N/c1-5-15-13(4)11-17(18-16(15)6-2)14-9-7-12(3)8-10-14/h5-11H,1-2H2,3-4H3. The Labute approximate surface area is 109 Å². The summed E-state index contributed by atoms with van der Waals surface area (Å²) in [6.07, 6.45) is 3.61. The summed E-state index contributed by atoms with van der Waals surface area (Å²) in [5.74, 6) is 0. The molecule has 0 aliphatic heterocycles. The second-order valence-corrected chi connectivity index (χ2v) is 4.40. The van der Waals surface area contributed by atoms with Gasteiger partial charge in [-0.3, -0.25) is 0 Å². The Morgan fingerprint density at radius 3 is 2.22 bits per heavy atom. The van der Waals surface area contributed by atoms with Gasteiger partial charge in [0.25, 0.3) is 0 Å². The van der Waals surface area contributed by atoms with Crippen molar-refractivity contribution in [2.75, 3.05) is 0 Å². The molecule has 0 saturated heterocycles. The summed E-state index contributed by atoms with van der Waals surface area (Å²) in [6, 6.07) is 10.5. The highest BCUT2D eigenvalue weighted by Crippen LogP contribution is 2.23. The fraction of sp³-hybridized carbons (Fsp3) is 0.118. The lowest BCUT2D eigenvalue weighted by molar-refractivity contribution is 1.24. The third kappa shape index (κ3) is 2.25. The molecule has 1 nitrogen and oxygen atoms in total. The van der Waals surface area contributed by atoms with Gasteiger partial charge in [-0.2, -0.15) is 0 Å². The summed E-state index contributed by atoms with van der Waals surface area (Å²) < 4.78 is 0. The Bertz CT molecular complexity index is 592. The van der Waals surface area contributed by atoms with Gasteiger partial charge in [0.2, 0.25) is 0 Å². The van der Waals surface area contributed by atoms with Crippen LogP contribution in [-0.4, -0.2) is 4.98 Å². The number of hydrogen-bond donors (Lipinski definition) is 0. The largest absolute Gasteiger partial charge is 0.248 e. The average Bonchev–Trinajstić information content (AvgIpc) is 2.38. The molecule has 0 spiro atoms. The minimum absolute atomic E-state index is 0.889. The predicted octanol–water partition coefficient (Wildman–Crippen LogP) is 4.65. The molecule has 1 heterocycles. The SMILES string of the molecule is C=Cc1nc(-c2ccc(C)cc2)cc(C)c1C=C. The Kier molecular flexibility index (Phi) is 3.42. The van der Waals surface area contributed by atoms with Gasteiger partial charge in [-0.15, -0.1) is 0 Å². The minimum Gasteiger partial charge on any atom is -0.248 e. The Balaban J connectivity index is 2.59. The van der Waals surface area contributed by atoms with Gasteiger partial charge >= 0.3 is 0 Å². The van der Waals surface area contributed by atoms with Gasteiger partial charge in [0, 0.05) is 11.1 Å². The van der Waals surface area contributed by atoms with Crippen molar-refractivity contribution in [3.8, 4) is 11.3 Å². The van der Waals surface area contributed by atoms with Crippen LogP contribution in [0.2, 0.25) is 0 Å². The van der Waals surface area contributed by atoms with E-state index in [2.05, 4.69) is 62.3 Å². The molecule has 2 rings (SSSR count). The molecule has 1 heteroatoms. The van der Waals surface area contributed by atoms with Gasteiger partial charge in [0.1, 0.15) is 0 Å². The van der Waals surface area contributed by atoms with Gasteiger partial charge < -0.3 is 0 Å². The first-order valence-corrected chi connectivity index (χ1v) is 5.99. The summed E-state index contributed by atoms with van der Waals surface area (Å²) in [4.78, 5) is 4.63. The lowest BCUT2D eigenvalue weighted by atomic mass is 10.0. The molecule has 18 heavy (non-hydrogen) atoms. The van der Waals surface area contributed by atoms with Crippen LogP contribution in [0.25, 0.3) is 23.4 Å². The molecule has 1 aromatic heterocycles. The van der Waals surface area contributed by atoms with E-state index in [0.29, 0.717) is 0 Å². The molecule has 0 aliphatic carbocycles. The quantitative estimate of drug-likeness (QED) is 0.754. The lowest BCUT2D eigenvalue weighted by Crippen LogP contribution is -1.94. The fourth-order valence-electron chi connectivity index (χ4n) is 2.00. The summed E-state index contributed by atoms with van der Waals surface area (Å²) >= 11 is 0. The maximum atomic E-state index is 4.63. The van der Waals surface area contributed by atoms with Crippen molar-refractivity contribution in [3.05, 3.63) is 65.9 Å². The van der Waals surface area contributed by atoms with Crippen molar-refractivity contribution in [2.24, 2.45) is 0 Å². The van der Waals surface area contributed by atoms with E-state index in [-0.39, 0.29) is 0 Å². The van der Waals surface area contributed by atoms with E-state index in [4.69, 9.17) is 0 Å². The highest BCUT2D eigenvalue weighted by Gasteiger charge is 2.06. The summed E-state index contributed by atoms with van der Waals surface area (Å²) in [6.45, 7) is 11.8. The van der Waals surface area contributed by atoms with Crippen LogP contribution >= 0.6 is 0 Å². The molecular formula is C17H17N. The molecule has 0 atom stereocenters. The number of nitrogens with zero attached hydrogens (tertiary/aromatic N) is 1. The monoisotopic (exact) mass is 235 g/mol. The Morgan fingerprint density at radius 2 is 1.67 bits per heavy atom. The van der Waals surface area contributed by atoms with Crippen molar-refractivity contribution in [1.82, 2.24) is 4.98 Å². The zero-order chi connectivity index (χ0) is 13.1. The number of pyridine rings is 1. The number of benzene rings is 1. The van der Waals surface area contributed by atoms with Crippen LogP contribution in [0.15, 0.2) is 43.5 Å². The lowest BCUT2D eigenvalue weighted by Gasteiger charge is -2.09. The molecule has 0 radical (unpaired) electrons. The van der Waals surface area contributed by atoms with Gasteiger partial charge in [0.15, 0.2) is 0 Å². The van der Waals surface area contributed by atoms with Crippen molar-refractivity contribution < 1.29 is 0 Å². The van der Waals surface area contributed by atoms with E-state index in [9.17, 15) is 0 Å². The Morgan fingerprint density at radius 1 is 1.00 bits per heavy atom. The first-order chi connectivity index (χ1) is 8.65. The molecule has 2 aromatic rings. The van der Waals surface area contributed by atoms with Crippen LogP contribution in [-0.2, 0) is 0 Å². The van der Waals surface area contributed by atoms with E-state index in [0.717, 1.165) is 22.5 Å². The van der Waals surface area contributed by atoms with E-state index in [1.165, 1.54) is 11.1 Å². The van der Waals surface area contributed by atoms with Crippen molar-refractivity contribution in [1.29, 1.82) is 0 Å². The van der Waals surface area contributed by atoms with Crippen LogP contribution in [0.1, 0.15) is 22.4 Å². The first kappa shape index (κ1) is 12.3. The van der Waals surface area contributed by atoms with Gasteiger partial charge in [0.05, 0.1) is 11.4 Å². The van der Waals surface area contributed by atoms with Crippen molar-refractivity contribution in [2.45, 2.75) is 13.8 Å². The summed E-state index contributed by atoms with van der Waals surface area (Å²) in [7, 11) is 0. The van der Waals surface area contributed by atoms with Gasteiger partial charge in [-0.05, 0) is 31.6 Å². The van der Waals surface area contributed by atoms with Crippen molar-refractivity contribution in [3.63, 3.8) is 0 Å². The fourth-order valence-corrected chi connectivity index (χ4v) is 2.00. The highest BCUT2D eigenvalue weighted by atomic mass is 14.7. The second kappa shape index (κ2) is 5.01. The first-order valence-electron chi connectivity index (χ1n) is 5.99. The molecule has 0 aliphatic rings. The van der Waals surface area contributed by atoms with Gasteiger partial charge in [-0.25, -0.2) is 4.98 Å². The normalized spacial score (nSPS) is 10.1. The molecule has 0 N–H and O–H groups in total. The zero-order valence-corrected chi connectivity index (χ0v) is 10.9. The van der Waals surface area contributed by atoms with E-state index >= 15 is 0 Å². The molecular weight excluding hydrogens is 218 g/mol. The highest BCUT2D eigenvalue weighted by molar-refractivity contribution is 5.69. The second-order valence-electron chi connectivity index (χ2n) is 4.40. The number of aromatic nitrogens is 1. The molecule has 1 aromatic carbocycles. The maximum absolute atomic E-state index is 4.63.